The molecule has 4 unspecified atom stereocenters. The number of anilines is 1. The molecule has 1 aliphatic carbocycles. The van der Waals surface area contributed by atoms with Gasteiger partial charge in [-0.3, -0.25) is 19.4 Å². The summed E-state index contributed by atoms with van der Waals surface area (Å²) in [5, 5.41) is 16.3. The summed E-state index contributed by atoms with van der Waals surface area (Å²) in [5.74, 6) is -0.0988. The van der Waals surface area contributed by atoms with Crippen molar-refractivity contribution in [1.29, 1.82) is 0 Å². The number of allylic oxidation sites excluding steroid dienone is 1. The Bertz CT molecular complexity index is 1860. The predicted octanol–water partition coefficient (Wildman–Crippen LogP) is 6.91. The van der Waals surface area contributed by atoms with Crippen molar-refractivity contribution in [1.82, 2.24) is 10.0 Å². The minimum atomic E-state index is -1.12. The van der Waals surface area contributed by atoms with Crippen molar-refractivity contribution < 1.29 is 23.9 Å². The average molecular weight is 702 g/mol. The SMILES string of the molecule is CCOc1ccc(/C=C2\CCCC3C2=NN(C(=O)CN2N=NC4C(=O)N(c5c(Cl)cccc5Cl)C(=O)C42)C3c2ccc(OCC)cc2)cc1. The zero-order chi connectivity index (χ0) is 34.2. The van der Waals surface area contributed by atoms with E-state index in [-0.39, 0.29) is 34.1 Å². The first-order chi connectivity index (χ1) is 23.8. The monoisotopic (exact) mass is 700 g/mol. The van der Waals surface area contributed by atoms with Gasteiger partial charge in [-0.1, -0.05) is 58.8 Å². The smallest absolute Gasteiger partial charge is 0.264 e. The van der Waals surface area contributed by atoms with Crippen molar-refractivity contribution in [3.05, 3.63) is 93.5 Å². The molecule has 7 rings (SSSR count). The molecule has 4 aliphatic rings. The van der Waals surface area contributed by atoms with Gasteiger partial charge in [0.2, 0.25) is 0 Å². The number of imide groups is 1. The van der Waals surface area contributed by atoms with Crippen molar-refractivity contribution in [3.8, 4) is 11.5 Å². The summed E-state index contributed by atoms with van der Waals surface area (Å²) >= 11 is 12.7. The highest BCUT2D eigenvalue weighted by molar-refractivity contribution is 6.42. The fourth-order valence-corrected chi connectivity index (χ4v) is 7.55. The fraction of sp³-hybridized carbons (Fsp3) is 0.333. The maximum Gasteiger partial charge on any atom is 0.264 e. The van der Waals surface area contributed by atoms with Crippen LogP contribution in [0.5, 0.6) is 11.5 Å². The molecule has 0 N–H and O–H groups in total. The van der Waals surface area contributed by atoms with Crippen molar-refractivity contribution in [3.63, 3.8) is 0 Å². The number of halogens is 2. The number of hydrogen-bond acceptors (Lipinski definition) is 9. The summed E-state index contributed by atoms with van der Waals surface area (Å²) < 4.78 is 11.3. The summed E-state index contributed by atoms with van der Waals surface area (Å²) in [4.78, 5) is 42.3. The van der Waals surface area contributed by atoms with Crippen LogP contribution < -0.4 is 14.4 Å². The molecule has 13 heteroatoms. The fourth-order valence-electron chi connectivity index (χ4n) is 6.98. The molecule has 0 aromatic heterocycles. The number of carbonyl (C=O) groups is 3. The molecule has 4 atom stereocenters. The second kappa shape index (κ2) is 13.6. The van der Waals surface area contributed by atoms with Gasteiger partial charge in [0.25, 0.3) is 17.7 Å². The molecule has 0 spiro atoms. The van der Waals surface area contributed by atoms with E-state index in [2.05, 4.69) is 16.4 Å². The second-order valence-electron chi connectivity index (χ2n) is 12.1. The molecule has 3 amide bonds. The maximum absolute atomic E-state index is 14.3. The van der Waals surface area contributed by atoms with Crippen molar-refractivity contribution in [2.24, 2.45) is 21.4 Å². The van der Waals surface area contributed by atoms with Gasteiger partial charge >= 0.3 is 0 Å². The van der Waals surface area contributed by atoms with Gasteiger partial charge in [0.1, 0.15) is 18.0 Å². The Labute approximate surface area is 293 Å². The minimum absolute atomic E-state index is 0.0508. The Morgan fingerprint density at radius 3 is 2.20 bits per heavy atom. The number of para-hydroxylation sites is 1. The van der Waals surface area contributed by atoms with Gasteiger partial charge in [-0.2, -0.15) is 10.2 Å². The van der Waals surface area contributed by atoms with E-state index in [1.165, 1.54) is 10.0 Å². The van der Waals surface area contributed by atoms with Crippen LogP contribution in [0.1, 0.15) is 50.3 Å². The van der Waals surface area contributed by atoms with Crippen LogP contribution in [0.15, 0.2) is 87.7 Å². The quantitative estimate of drug-likeness (QED) is 0.224. The topological polar surface area (TPSA) is 116 Å². The van der Waals surface area contributed by atoms with Crippen molar-refractivity contribution in [2.45, 2.75) is 51.2 Å². The van der Waals surface area contributed by atoms with E-state index in [0.29, 0.717) is 13.2 Å². The summed E-state index contributed by atoms with van der Waals surface area (Å²) in [6.45, 7) is 4.69. The minimum Gasteiger partial charge on any atom is -0.494 e. The Morgan fingerprint density at radius 1 is 0.898 bits per heavy atom. The van der Waals surface area contributed by atoms with E-state index in [1.807, 2.05) is 62.4 Å². The standard InChI is InChI=1S/C36H34Cl2N6O5/c1-3-48-24-15-11-21(12-16-24)19-23-7-5-8-26-30(23)40-44(32(26)22-13-17-25(18-14-22)49-4-2)29(45)20-42-34-31(39-41-42)35(46)43(36(34)47)33-27(37)9-6-10-28(33)38/h6,9-19,26,31-32,34H,3-5,7-8,20H2,1-2H3/b23-19+. The molecule has 0 radical (unpaired) electrons. The van der Waals surface area contributed by atoms with E-state index in [9.17, 15) is 14.4 Å². The summed E-state index contributed by atoms with van der Waals surface area (Å²) in [6.07, 6.45) is 4.72. The first-order valence-corrected chi connectivity index (χ1v) is 17.1. The number of nitrogens with zero attached hydrogens (tertiary/aromatic N) is 6. The number of benzene rings is 3. The van der Waals surface area contributed by atoms with Crippen LogP contribution in [0, 0.1) is 5.92 Å². The van der Waals surface area contributed by atoms with Gasteiger partial charge in [-0.15, -0.1) is 0 Å². The number of rotatable bonds is 9. The molecule has 1 saturated carbocycles. The molecule has 49 heavy (non-hydrogen) atoms. The van der Waals surface area contributed by atoms with Crippen LogP contribution in [0.3, 0.4) is 0 Å². The highest BCUT2D eigenvalue weighted by Crippen LogP contribution is 2.45. The first-order valence-electron chi connectivity index (χ1n) is 16.3. The lowest BCUT2D eigenvalue weighted by molar-refractivity contribution is -0.136. The molecule has 3 aromatic carbocycles. The zero-order valence-electron chi connectivity index (χ0n) is 27.0. The highest BCUT2D eigenvalue weighted by atomic mass is 35.5. The Kier molecular flexibility index (Phi) is 9.13. The van der Waals surface area contributed by atoms with Gasteiger partial charge in [0.05, 0.1) is 40.7 Å². The third-order valence-electron chi connectivity index (χ3n) is 9.14. The molecule has 3 aromatic rings. The molecule has 3 heterocycles. The predicted molar refractivity (Wildman–Crippen MR) is 186 cm³/mol. The van der Waals surface area contributed by atoms with Gasteiger partial charge in [0.15, 0.2) is 12.1 Å². The van der Waals surface area contributed by atoms with Crippen molar-refractivity contribution >= 4 is 58.4 Å². The number of amides is 3. The van der Waals surface area contributed by atoms with Crippen LogP contribution >= 0.6 is 23.2 Å². The summed E-state index contributed by atoms with van der Waals surface area (Å²) in [6, 6.07) is 17.7. The van der Waals surface area contributed by atoms with Gasteiger partial charge in [-0.05, 0) is 92.3 Å². The van der Waals surface area contributed by atoms with Crippen LogP contribution in [-0.4, -0.2) is 65.3 Å². The summed E-state index contributed by atoms with van der Waals surface area (Å²) in [7, 11) is 0. The van der Waals surface area contributed by atoms with Gasteiger partial charge in [0, 0.05) is 5.92 Å². The van der Waals surface area contributed by atoms with E-state index in [4.69, 9.17) is 37.8 Å². The average Bonchev–Trinajstić information content (AvgIpc) is 3.76. The summed E-state index contributed by atoms with van der Waals surface area (Å²) in [5.41, 5.74) is 3.95. The van der Waals surface area contributed by atoms with Crippen LogP contribution in [-0.2, 0) is 14.4 Å². The largest absolute Gasteiger partial charge is 0.494 e. The lowest BCUT2D eigenvalue weighted by atomic mass is 9.77. The molecule has 2 fully saturated rings. The van der Waals surface area contributed by atoms with E-state index < -0.39 is 29.9 Å². The molecule has 1 saturated heterocycles. The van der Waals surface area contributed by atoms with E-state index in [1.54, 1.807) is 18.2 Å². The molecule has 0 bridgehead atoms. The van der Waals surface area contributed by atoms with Crippen LogP contribution in [0.2, 0.25) is 10.0 Å². The number of ether oxygens (including phenoxy) is 2. The maximum atomic E-state index is 14.3. The molecular formula is C36H34Cl2N6O5. The Morgan fingerprint density at radius 2 is 1.55 bits per heavy atom. The number of carbonyl (C=O) groups excluding carboxylic acids is 3. The normalized spacial score (nSPS) is 23.6. The zero-order valence-corrected chi connectivity index (χ0v) is 28.5. The van der Waals surface area contributed by atoms with Crippen LogP contribution in [0.4, 0.5) is 5.69 Å². The molecule has 11 nitrogen and oxygen atoms in total. The number of hydrazone groups is 1. The number of fused-ring (bicyclic) bond motifs is 2. The lowest BCUT2D eigenvalue weighted by Gasteiger charge is -2.30. The third kappa shape index (κ3) is 6.06. The Balaban J connectivity index is 1.19. The Hall–Kier alpha value is -4.74. The van der Waals surface area contributed by atoms with Crippen molar-refractivity contribution in [2.75, 3.05) is 24.7 Å². The molecule has 252 valence electrons. The van der Waals surface area contributed by atoms with E-state index >= 15 is 0 Å². The van der Waals surface area contributed by atoms with Crippen LogP contribution in [0.25, 0.3) is 6.08 Å². The van der Waals surface area contributed by atoms with Gasteiger partial charge < -0.3 is 9.47 Å². The second-order valence-corrected chi connectivity index (χ2v) is 12.9. The number of hydrogen-bond donors (Lipinski definition) is 0. The van der Waals surface area contributed by atoms with Gasteiger partial charge in [-0.25, -0.2) is 9.91 Å². The first kappa shape index (κ1) is 32.8. The van der Waals surface area contributed by atoms with E-state index in [0.717, 1.165) is 58.1 Å². The highest BCUT2D eigenvalue weighted by Gasteiger charge is 2.56. The lowest BCUT2D eigenvalue weighted by Crippen LogP contribution is -2.45. The molecular weight excluding hydrogens is 667 g/mol. The third-order valence-corrected chi connectivity index (χ3v) is 9.75. The molecule has 3 aliphatic heterocycles.